The first-order valence-corrected chi connectivity index (χ1v) is 8.41. The molecule has 2 aliphatic rings. The van der Waals surface area contributed by atoms with Gasteiger partial charge in [0.25, 0.3) is 0 Å². The minimum Gasteiger partial charge on any atom is -0.371 e. The number of likely N-dealkylation sites (tertiary alicyclic amines) is 1. The van der Waals surface area contributed by atoms with Gasteiger partial charge in [-0.25, -0.2) is 4.39 Å². The Morgan fingerprint density at radius 1 is 1.35 bits per heavy atom. The van der Waals surface area contributed by atoms with Crippen molar-refractivity contribution in [2.24, 2.45) is 11.8 Å². The van der Waals surface area contributed by atoms with Gasteiger partial charge in [0.05, 0.1) is 18.1 Å². The standard InChI is InChI=1S/C18H25FN2O2/c1-12(2)8-20-18(22)16-7-15-10-21(11-17(16)23-15)9-13-3-5-14(19)6-4-13/h3-6,12,15-17H,7-11H2,1-2H3,(H,20,22)/t15-,16+,17-/m1/s1. The van der Waals surface area contributed by atoms with E-state index in [9.17, 15) is 9.18 Å². The zero-order valence-electron chi connectivity index (χ0n) is 13.8. The number of fused-ring (bicyclic) bond motifs is 2. The summed E-state index contributed by atoms with van der Waals surface area (Å²) in [4.78, 5) is 14.7. The van der Waals surface area contributed by atoms with Crippen LogP contribution in [0, 0.1) is 17.7 Å². The third-order valence-electron chi connectivity index (χ3n) is 4.57. The summed E-state index contributed by atoms with van der Waals surface area (Å²) < 4.78 is 19.0. The smallest absolute Gasteiger partial charge is 0.225 e. The molecular weight excluding hydrogens is 295 g/mol. The maximum absolute atomic E-state index is 13.0. The summed E-state index contributed by atoms with van der Waals surface area (Å²) in [5.74, 6) is 0.320. The number of rotatable bonds is 5. The van der Waals surface area contributed by atoms with Crippen molar-refractivity contribution in [1.29, 1.82) is 0 Å². The number of benzene rings is 1. The fourth-order valence-electron chi connectivity index (χ4n) is 3.43. The Hall–Kier alpha value is -1.46. The minimum absolute atomic E-state index is 0.0265. The van der Waals surface area contributed by atoms with Crippen LogP contribution < -0.4 is 5.32 Å². The molecule has 0 spiro atoms. The van der Waals surface area contributed by atoms with Crippen LogP contribution in [0.3, 0.4) is 0 Å². The van der Waals surface area contributed by atoms with Crippen LogP contribution in [0.25, 0.3) is 0 Å². The van der Waals surface area contributed by atoms with Crippen LogP contribution in [-0.2, 0) is 16.1 Å². The van der Waals surface area contributed by atoms with Crippen LogP contribution in [0.5, 0.6) is 0 Å². The fourth-order valence-corrected chi connectivity index (χ4v) is 3.43. The lowest BCUT2D eigenvalue weighted by Gasteiger charge is -2.32. The Morgan fingerprint density at radius 3 is 2.78 bits per heavy atom. The number of nitrogens with zero attached hydrogens (tertiary/aromatic N) is 1. The fraction of sp³-hybridized carbons (Fsp3) is 0.611. The quantitative estimate of drug-likeness (QED) is 0.904. The van der Waals surface area contributed by atoms with Crippen molar-refractivity contribution in [2.75, 3.05) is 19.6 Å². The highest BCUT2D eigenvalue weighted by Gasteiger charge is 2.44. The Kier molecular flexibility index (Phi) is 4.97. The summed E-state index contributed by atoms with van der Waals surface area (Å²) in [5.41, 5.74) is 1.09. The molecule has 0 aliphatic carbocycles. The monoisotopic (exact) mass is 320 g/mol. The van der Waals surface area contributed by atoms with E-state index in [1.54, 1.807) is 0 Å². The van der Waals surface area contributed by atoms with Gasteiger partial charge in [0.2, 0.25) is 5.91 Å². The van der Waals surface area contributed by atoms with Gasteiger partial charge in [-0.1, -0.05) is 26.0 Å². The van der Waals surface area contributed by atoms with Gasteiger partial charge < -0.3 is 10.1 Å². The van der Waals surface area contributed by atoms with Crippen molar-refractivity contribution in [3.63, 3.8) is 0 Å². The molecule has 0 radical (unpaired) electrons. The lowest BCUT2D eigenvalue weighted by molar-refractivity contribution is -0.128. The zero-order chi connectivity index (χ0) is 16.4. The van der Waals surface area contributed by atoms with Crippen molar-refractivity contribution in [3.05, 3.63) is 35.6 Å². The second-order valence-corrected chi connectivity index (χ2v) is 7.10. The first-order valence-electron chi connectivity index (χ1n) is 8.41. The number of nitrogens with one attached hydrogen (secondary N) is 1. The molecule has 4 nitrogen and oxygen atoms in total. The van der Waals surface area contributed by atoms with Gasteiger partial charge in [0.1, 0.15) is 5.82 Å². The molecule has 1 N–H and O–H groups in total. The average Bonchev–Trinajstić information content (AvgIpc) is 2.82. The molecule has 3 atom stereocenters. The van der Waals surface area contributed by atoms with E-state index in [4.69, 9.17) is 4.74 Å². The van der Waals surface area contributed by atoms with Crippen LogP contribution in [0.2, 0.25) is 0 Å². The highest BCUT2D eigenvalue weighted by Crippen LogP contribution is 2.32. The zero-order valence-corrected chi connectivity index (χ0v) is 13.8. The van der Waals surface area contributed by atoms with E-state index in [1.165, 1.54) is 12.1 Å². The van der Waals surface area contributed by atoms with E-state index in [2.05, 4.69) is 24.1 Å². The third kappa shape index (κ3) is 4.09. The summed E-state index contributed by atoms with van der Waals surface area (Å²) in [5, 5.41) is 3.03. The van der Waals surface area contributed by atoms with Crippen molar-refractivity contribution in [2.45, 2.75) is 39.0 Å². The maximum atomic E-state index is 13.0. The lowest BCUT2D eigenvalue weighted by atomic mass is 9.99. The lowest BCUT2D eigenvalue weighted by Crippen LogP contribution is -2.45. The molecule has 126 valence electrons. The third-order valence-corrected chi connectivity index (χ3v) is 4.57. The molecule has 2 aliphatic heterocycles. The van der Waals surface area contributed by atoms with Gasteiger partial charge in [0, 0.05) is 26.2 Å². The molecule has 1 aromatic carbocycles. The highest BCUT2D eigenvalue weighted by atomic mass is 19.1. The van der Waals surface area contributed by atoms with E-state index in [1.807, 2.05) is 12.1 Å². The number of morpholine rings is 1. The van der Waals surface area contributed by atoms with Crippen LogP contribution in [-0.4, -0.2) is 42.6 Å². The summed E-state index contributed by atoms with van der Waals surface area (Å²) >= 11 is 0. The van der Waals surface area contributed by atoms with Gasteiger partial charge in [-0.05, 0) is 30.0 Å². The van der Waals surface area contributed by atoms with Crippen molar-refractivity contribution in [3.8, 4) is 0 Å². The van der Waals surface area contributed by atoms with Crippen LogP contribution in [0.15, 0.2) is 24.3 Å². The first-order chi connectivity index (χ1) is 11.0. The number of hydrogen-bond donors (Lipinski definition) is 1. The van der Waals surface area contributed by atoms with Crippen LogP contribution in [0.4, 0.5) is 4.39 Å². The molecule has 0 aromatic heterocycles. The molecule has 2 bridgehead atoms. The second-order valence-electron chi connectivity index (χ2n) is 7.10. The molecule has 2 fully saturated rings. The summed E-state index contributed by atoms with van der Waals surface area (Å²) in [7, 11) is 0. The summed E-state index contributed by atoms with van der Waals surface area (Å²) in [6.45, 7) is 7.26. The predicted molar refractivity (Wildman–Crippen MR) is 86.3 cm³/mol. The Morgan fingerprint density at radius 2 is 2.09 bits per heavy atom. The van der Waals surface area contributed by atoms with Crippen molar-refractivity contribution < 1.29 is 13.9 Å². The second kappa shape index (κ2) is 6.97. The number of ether oxygens (including phenoxy) is 1. The molecule has 0 unspecified atom stereocenters. The van der Waals surface area contributed by atoms with Crippen molar-refractivity contribution >= 4 is 5.91 Å². The largest absolute Gasteiger partial charge is 0.371 e. The maximum Gasteiger partial charge on any atom is 0.225 e. The van der Waals surface area contributed by atoms with Gasteiger partial charge in [-0.15, -0.1) is 0 Å². The van der Waals surface area contributed by atoms with E-state index in [0.717, 1.165) is 31.6 Å². The van der Waals surface area contributed by atoms with Crippen molar-refractivity contribution in [1.82, 2.24) is 10.2 Å². The number of carbonyl (C=O) groups is 1. The van der Waals surface area contributed by atoms with E-state index in [-0.39, 0.29) is 29.9 Å². The minimum atomic E-state index is -0.210. The average molecular weight is 320 g/mol. The molecule has 2 saturated heterocycles. The highest BCUT2D eigenvalue weighted by molar-refractivity contribution is 5.79. The van der Waals surface area contributed by atoms with Gasteiger partial charge in [-0.3, -0.25) is 9.69 Å². The molecule has 5 heteroatoms. The van der Waals surface area contributed by atoms with Crippen LogP contribution in [0.1, 0.15) is 25.8 Å². The topological polar surface area (TPSA) is 41.6 Å². The Balaban J connectivity index is 1.56. The summed E-state index contributed by atoms with van der Waals surface area (Å²) in [6.07, 6.45) is 0.902. The van der Waals surface area contributed by atoms with E-state index >= 15 is 0 Å². The molecule has 0 saturated carbocycles. The molecule has 1 amide bonds. The summed E-state index contributed by atoms with van der Waals surface area (Å²) in [6, 6.07) is 6.62. The number of amides is 1. The predicted octanol–water partition coefficient (Wildman–Crippen LogP) is 2.19. The van der Waals surface area contributed by atoms with E-state index < -0.39 is 0 Å². The van der Waals surface area contributed by atoms with Crippen LogP contribution >= 0.6 is 0 Å². The molecule has 3 rings (SSSR count). The van der Waals surface area contributed by atoms with E-state index in [0.29, 0.717) is 12.5 Å². The number of hydrogen-bond acceptors (Lipinski definition) is 3. The van der Waals surface area contributed by atoms with Gasteiger partial charge in [0.15, 0.2) is 0 Å². The molecule has 23 heavy (non-hydrogen) atoms. The SMILES string of the molecule is CC(C)CNC(=O)[C@H]1C[C@@H]2CN(Cc3ccc(F)cc3)C[C@H]1O2. The van der Waals surface area contributed by atoms with Gasteiger partial charge >= 0.3 is 0 Å². The number of halogens is 1. The Bertz CT molecular complexity index is 546. The Labute approximate surface area is 137 Å². The molecule has 2 heterocycles. The number of carbonyl (C=O) groups excluding carboxylic acids is 1. The normalized spacial score (nSPS) is 27.4. The van der Waals surface area contributed by atoms with Gasteiger partial charge in [-0.2, -0.15) is 0 Å². The molecular formula is C18H25FN2O2. The first kappa shape index (κ1) is 16.4. The molecule has 1 aromatic rings.